The van der Waals surface area contributed by atoms with Gasteiger partial charge in [0, 0.05) is 12.0 Å². The van der Waals surface area contributed by atoms with E-state index in [-0.39, 0.29) is 18.1 Å². The van der Waals surface area contributed by atoms with Crippen LogP contribution in [0.5, 0.6) is 5.88 Å². The third-order valence-electron chi connectivity index (χ3n) is 4.72. The highest BCUT2D eigenvalue weighted by Gasteiger charge is 2.19. The minimum atomic E-state index is -0.987. The molecule has 6 nitrogen and oxygen atoms in total. The summed E-state index contributed by atoms with van der Waals surface area (Å²) in [6.45, 7) is 2.15. The van der Waals surface area contributed by atoms with Gasteiger partial charge in [-0.25, -0.2) is 9.78 Å². The second kappa shape index (κ2) is 8.86. The van der Waals surface area contributed by atoms with Crippen molar-refractivity contribution >= 4 is 17.3 Å². The highest BCUT2D eigenvalue weighted by molar-refractivity contribution is 7.13. The van der Waals surface area contributed by atoms with E-state index in [2.05, 4.69) is 11.1 Å². The number of carbonyl (C=O) groups is 1. The highest BCUT2D eigenvalue weighted by atomic mass is 32.1. The number of aryl methyl sites for hydroxylation is 1. The molecule has 0 unspecified atom stereocenters. The van der Waals surface area contributed by atoms with Crippen molar-refractivity contribution in [2.45, 2.75) is 20.0 Å². The van der Waals surface area contributed by atoms with Crippen molar-refractivity contribution in [2.24, 2.45) is 0 Å². The lowest BCUT2D eigenvalue weighted by Gasteiger charge is -2.12. The van der Waals surface area contributed by atoms with Crippen molar-refractivity contribution in [1.29, 1.82) is 5.26 Å². The molecular formula is C24H18N2O4S. The lowest BCUT2D eigenvalue weighted by atomic mass is 10.1. The Morgan fingerprint density at radius 2 is 2.03 bits per heavy atom. The molecule has 3 aromatic heterocycles. The van der Waals surface area contributed by atoms with Gasteiger partial charge in [0.15, 0.2) is 0 Å². The molecule has 31 heavy (non-hydrogen) atoms. The second-order valence-electron chi connectivity index (χ2n) is 6.73. The molecule has 0 bridgehead atoms. The number of nitriles is 1. The number of carboxylic acid groups (broad SMARTS) is 1. The maximum absolute atomic E-state index is 11.0. The smallest absolute Gasteiger partial charge is 0.335 e. The number of hydrogen-bond donors (Lipinski definition) is 1. The fraction of sp³-hybridized carbons (Fsp3) is 0.125. The predicted octanol–water partition coefficient (Wildman–Crippen LogP) is 5.78. The number of aromatic carboxylic acids is 1. The van der Waals surface area contributed by atoms with Gasteiger partial charge in [-0.05, 0) is 47.3 Å². The van der Waals surface area contributed by atoms with E-state index in [0.29, 0.717) is 22.6 Å². The van der Waals surface area contributed by atoms with Crippen molar-refractivity contribution in [1.82, 2.24) is 4.98 Å². The largest absolute Gasteiger partial charge is 0.478 e. The number of carboxylic acids is 1. The van der Waals surface area contributed by atoms with E-state index in [0.717, 1.165) is 22.6 Å². The monoisotopic (exact) mass is 430 g/mol. The van der Waals surface area contributed by atoms with Crippen LogP contribution in [0.4, 0.5) is 0 Å². The number of pyridine rings is 1. The molecule has 0 aliphatic carbocycles. The lowest BCUT2D eigenvalue weighted by Crippen LogP contribution is -2.03. The van der Waals surface area contributed by atoms with Crippen molar-refractivity contribution in [3.63, 3.8) is 0 Å². The Hall–Kier alpha value is -3.89. The normalized spacial score (nSPS) is 10.6. The van der Waals surface area contributed by atoms with Crippen molar-refractivity contribution in [3.8, 4) is 33.8 Å². The molecule has 0 spiro atoms. The first-order valence-electron chi connectivity index (χ1n) is 9.62. The molecule has 7 heteroatoms. The fourth-order valence-electron chi connectivity index (χ4n) is 3.09. The first-order chi connectivity index (χ1) is 15.1. The molecule has 0 atom stereocenters. The molecule has 0 saturated heterocycles. The Morgan fingerprint density at radius 1 is 1.23 bits per heavy atom. The average molecular weight is 430 g/mol. The molecule has 4 aromatic rings. The molecule has 1 aromatic carbocycles. The Kier molecular flexibility index (Phi) is 5.83. The van der Waals surface area contributed by atoms with Gasteiger partial charge in [-0.3, -0.25) is 0 Å². The molecule has 3 heterocycles. The Balaban J connectivity index is 1.73. The topological polar surface area (TPSA) is 96.4 Å². The van der Waals surface area contributed by atoms with Crippen LogP contribution >= 0.6 is 11.3 Å². The molecule has 0 aliphatic heterocycles. The summed E-state index contributed by atoms with van der Waals surface area (Å²) in [6, 6.07) is 18.1. The van der Waals surface area contributed by atoms with Gasteiger partial charge < -0.3 is 14.3 Å². The molecule has 0 aliphatic rings. The van der Waals surface area contributed by atoms with Crippen molar-refractivity contribution in [3.05, 3.63) is 82.4 Å². The van der Waals surface area contributed by atoms with E-state index in [1.165, 1.54) is 12.1 Å². The molecule has 0 fully saturated rings. The minimum absolute atomic E-state index is 0.146. The maximum Gasteiger partial charge on any atom is 0.335 e. The van der Waals surface area contributed by atoms with Gasteiger partial charge in [0.05, 0.1) is 16.1 Å². The number of thiophene rings is 1. The van der Waals surface area contributed by atoms with E-state index in [9.17, 15) is 10.1 Å². The first-order valence-corrected chi connectivity index (χ1v) is 10.5. The summed E-state index contributed by atoms with van der Waals surface area (Å²) in [5.74, 6) is 0.637. The van der Waals surface area contributed by atoms with Crippen LogP contribution in [0.25, 0.3) is 21.9 Å². The molecule has 0 amide bonds. The second-order valence-corrected chi connectivity index (χ2v) is 7.68. The van der Waals surface area contributed by atoms with Crippen LogP contribution in [-0.2, 0) is 13.0 Å². The van der Waals surface area contributed by atoms with Gasteiger partial charge in [-0.2, -0.15) is 5.26 Å². The standard InChI is InChI=1S/C24H18N2O4S/c1-2-17-9-10-21(30-17)18-12-20(22-4-3-11-31-22)26-23(19(18)13-25)29-14-15-5-7-16(8-6-15)24(27)28/h3-12H,2,14H2,1H3,(H,27,28). The number of nitrogens with zero attached hydrogens (tertiary/aromatic N) is 2. The summed E-state index contributed by atoms with van der Waals surface area (Å²) in [5.41, 5.74) is 2.57. The number of benzene rings is 1. The summed E-state index contributed by atoms with van der Waals surface area (Å²) in [5, 5.41) is 20.9. The minimum Gasteiger partial charge on any atom is -0.478 e. The Morgan fingerprint density at radius 3 is 2.65 bits per heavy atom. The van der Waals surface area contributed by atoms with Gasteiger partial charge in [0.2, 0.25) is 5.88 Å². The average Bonchev–Trinajstić information content (AvgIpc) is 3.49. The van der Waals surface area contributed by atoms with Crippen molar-refractivity contribution < 1.29 is 19.1 Å². The molecule has 0 radical (unpaired) electrons. The zero-order valence-corrected chi connectivity index (χ0v) is 17.5. The first kappa shape index (κ1) is 20.4. The maximum atomic E-state index is 11.0. The molecular weight excluding hydrogens is 412 g/mol. The molecule has 154 valence electrons. The summed E-state index contributed by atoms with van der Waals surface area (Å²) in [6.07, 6.45) is 0.750. The number of ether oxygens (including phenoxy) is 1. The van der Waals surface area contributed by atoms with Gasteiger partial charge in [0.25, 0.3) is 0 Å². The molecule has 0 saturated carbocycles. The van der Waals surface area contributed by atoms with Gasteiger partial charge in [-0.1, -0.05) is 25.1 Å². The van der Waals surface area contributed by atoms with Crippen LogP contribution in [0, 0.1) is 11.3 Å². The van der Waals surface area contributed by atoms with Crippen LogP contribution in [0.1, 0.15) is 34.2 Å². The molecule has 4 rings (SSSR count). The summed E-state index contributed by atoms with van der Waals surface area (Å²) >= 11 is 1.54. The number of furan rings is 1. The van der Waals surface area contributed by atoms with E-state index < -0.39 is 5.97 Å². The van der Waals surface area contributed by atoms with E-state index in [4.69, 9.17) is 14.3 Å². The highest BCUT2D eigenvalue weighted by Crippen LogP contribution is 2.36. The fourth-order valence-corrected chi connectivity index (χ4v) is 3.77. The van der Waals surface area contributed by atoms with E-state index in [1.54, 1.807) is 23.5 Å². The predicted molar refractivity (Wildman–Crippen MR) is 117 cm³/mol. The van der Waals surface area contributed by atoms with Gasteiger partial charge >= 0.3 is 5.97 Å². The third kappa shape index (κ3) is 4.34. The van der Waals surface area contributed by atoms with Crippen LogP contribution in [0.3, 0.4) is 0 Å². The lowest BCUT2D eigenvalue weighted by molar-refractivity contribution is 0.0697. The van der Waals surface area contributed by atoms with Gasteiger partial charge in [0.1, 0.15) is 29.8 Å². The van der Waals surface area contributed by atoms with Gasteiger partial charge in [-0.15, -0.1) is 11.3 Å². The number of rotatable bonds is 7. The van der Waals surface area contributed by atoms with E-state index >= 15 is 0 Å². The third-order valence-corrected chi connectivity index (χ3v) is 5.62. The van der Waals surface area contributed by atoms with Crippen LogP contribution in [0.2, 0.25) is 0 Å². The van der Waals surface area contributed by atoms with E-state index in [1.807, 2.05) is 42.6 Å². The quantitative estimate of drug-likeness (QED) is 0.399. The number of hydrogen-bond acceptors (Lipinski definition) is 6. The van der Waals surface area contributed by atoms with Crippen molar-refractivity contribution in [2.75, 3.05) is 0 Å². The van der Waals surface area contributed by atoms with Crippen LogP contribution in [-0.4, -0.2) is 16.1 Å². The number of aromatic nitrogens is 1. The summed E-state index contributed by atoms with van der Waals surface area (Å²) < 4.78 is 11.8. The van der Waals surface area contributed by atoms with Crippen LogP contribution < -0.4 is 4.74 Å². The zero-order valence-electron chi connectivity index (χ0n) is 16.7. The van der Waals surface area contributed by atoms with Crippen LogP contribution in [0.15, 0.2) is 64.4 Å². The molecule has 1 N–H and O–H groups in total. The SMILES string of the molecule is CCc1ccc(-c2cc(-c3cccs3)nc(OCc3ccc(C(=O)O)cc3)c2C#N)o1. The zero-order chi connectivity index (χ0) is 21.8. The summed E-state index contributed by atoms with van der Waals surface area (Å²) in [7, 11) is 0. The Bertz CT molecular complexity index is 1250. The summed E-state index contributed by atoms with van der Waals surface area (Å²) in [4.78, 5) is 16.6. The Labute approximate surface area is 183 Å².